The highest BCUT2D eigenvalue weighted by molar-refractivity contribution is 5.90. The minimum absolute atomic E-state index is 0.0181. The van der Waals surface area contributed by atoms with E-state index in [1.807, 2.05) is 4.90 Å². The molecule has 3 aliphatic rings. The molecule has 0 spiro atoms. The van der Waals surface area contributed by atoms with Crippen LogP contribution < -0.4 is 15.1 Å². The van der Waals surface area contributed by atoms with Crippen LogP contribution in [-0.4, -0.2) is 75.6 Å². The minimum atomic E-state index is -0.520. The van der Waals surface area contributed by atoms with E-state index in [-0.39, 0.29) is 18.5 Å². The largest absolute Gasteiger partial charge is 0.442 e. The molecular weight excluding hydrogens is 367 g/mol. The molecule has 1 aromatic rings. The molecule has 3 saturated heterocycles. The average molecular weight is 392 g/mol. The number of morpholine rings is 1. The predicted octanol–water partition coefficient (Wildman–Crippen LogP) is 1.16. The number of anilines is 2. The maximum atomic E-state index is 14.7. The third-order valence-corrected chi connectivity index (χ3v) is 5.45. The molecule has 8 nitrogen and oxygen atoms in total. The minimum Gasteiger partial charge on any atom is -0.442 e. The highest BCUT2D eigenvalue weighted by Crippen LogP contribution is 2.28. The second kappa shape index (κ2) is 8.32. The average Bonchev–Trinajstić information content (AvgIpc) is 3.36. The lowest BCUT2D eigenvalue weighted by atomic mass is 10.2. The van der Waals surface area contributed by atoms with E-state index >= 15 is 0 Å². The maximum absolute atomic E-state index is 14.7. The summed E-state index contributed by atoms with van der Waals surface area (Å²) in [7, 11) is 0. The Balaban J connectivity index is 1.42. The molecule has 3 heterocycles. The second-order valence-electron chi connectivity index (χ2n) is 7.27. The molecule has 0 saturated carbocycles. The molecule has 2 atom stereocenters. The van der Waals surface area contributed by atoms with E-state index in [2.05, 4.69) is 5.32 Å². The monoisotopic (exact) mass is 392 g/mol. The summed E-state index contributed by atoms with van der Waals surface area (Å²) in [5.41, 5.74) is 0.967. The standard InChI is InChI=1S/C19H25FN4O4/c20-16-10-14(3-4-17(16)22-6-8-27-9-7-22)24-12-15(28-19(24)26)11-23(13-25)18-2-1-5-21-18/h3-4,10,13,15,18,21H,1-2,5-9,11-12H2/t15?,18-/m0/s1. The van der Waals surface area contributed by atoms with E-state index in [4.69, 9.17) is 9.47 Å². The van der Waals surface area contributed by atoms with Gasteiger partial charge in [0, 0.05) is 13.1 Å². The smallest absolute Gasteiger partial charge is 0.414 e. The van der Waals surface area contributed by atoms with Crippen molar-refractivity contribution < 1.29 is 23.5 Å². The molecule has 0 bridgehead atoms. The highest BCUT2D eigenvalue weighted by atomic mass is 19.1. The zero-order valence-electron chi connectivity index (χ0n) is 15.7. The lowest BCUT2D eigenvalue weighted by Crippen LogP contribution is -2.45. The molecule has 3 fully saturated rings. The van der Waals surface area contributed by atoms with Crippen LogP contribution in [0.1, 0.15) is 12.8 Å². The number of hydrogen-bond acceptors (Lipinski definition) is 6. The summed E-state index contributed by atoms with van der Waals surface area (Å²) in [5.74, 6) is -0.375. The Hall–Kier alpha value is -2.39. The summed E-state index contributed by atoms with van der Waals surface area (Å²) in [6.07, 6.45) is 1.71. The summed E-state index contributed by atoms with van der Waals surface area (Å²) in [4.78, 5) is 28.7. The molecule has 1 aromatic carbocycles. The Morgan fingerprint density at radius 3 is 2.82 bits per heavy atom. The third-order valence-electron chi connectivity index (χ3n) is 5.45. The van der Waals surface area contributed by atoms with Gasteiger partial charge in [0.05, 0.1) is 43.8 Å². The maximum Gasteiger partial charge on any atom is 0.414 e. The molecule has 0 aliphatic carbocycles. The molecular formula is C19H25FN4O4. The summed E-state index contributed by atoms with van der Waals surface area (Å²) in [5, 5.41) is 3.26. The van der Waals surface area contributed by atoms with Crippen molar-refractivity contribution >= 4 is 23.9 Å². The van der Waals surface area contributed by atoms with Gasteiger partial charge < -0.3 is 19.3 Å². The van der Waals surface area contributed by atoms with Crippen molar-refractivity contribution in [2.75, 3.05) is 55.7 Å². The van der Waals surface area contributed by atoms with Crippen LogP contribution >= 0.6 is 0 Å². The number of hydrogen-bond donors (Lipinski definition) is 1. The number of nitrogens with one attached hydrogen (secondary N) is 1. The fourth-order valence-electron chi connectivity index (χ4n) is 3.98. The molecule has 152 valence electrons. The van der Waals surface area contributed by atoms with Gasteiger partial charge in [-0.3, -0.25) is 15.0 Å². The molecule has 4 rings (SSSR count). The van der Waals surface area contributed by atoms with Crippen LogP contribution in [0.2, 0.25) is 0 Å². The zero-order valence-corrected chi connectivity index (χ0v) is 15.7. The first-order valence-electron chi connectivity index (χ1n) is 9.70. The van der Waals surface area contributed by atoms with Crippen molar-refractivity contribution in [1.82, 2.24) is 10.2 Å². The molecule has 1 N–H and O–H groups in total. The molecule has 1 unspecified atom stereocenters. The molecule has 9 heteroatoms. The Bertz CT molecular complexity index is 722. The first-order valence-corrected chi connectivity index (χ1v) is 9.70. The van der Waals surface area contributed by atoms with Crippen molar-refractivity contribution in [1.29, 1.82) is 0 Å². The van der Waals surface area contributed by atoms with Gasteiger partial charge >= 0.3 is 6.09 Å². The Kier molecular flexibility index (Phi) is 5.63. The van der Waals surface area contributed by atoms with Crippen LogP contribution in [0.3, 0.4) is 0 Å². The van der Waals surface area contributed by atoms with Gasteiger partial charge in [0.25, 0.3) is 0 Å². The van der Waals surface area contributed by atoms with Gasteiger partial charge in [0.15, 0.2) is 0 Å². The van der Waals surface area contributed by atoms with Crippen molar-refractivity contribution in [3.05, 3.63) is 24.0 Å². The van der Waals surface area contributed by atoms with E-state index in [1.165, 1.54) is 11.0 Å². The summed E-state index contributed by atoms with van der Waals surface area (Å²) >= 11 is 0. The van der Waals surface area contributed by atoms with Crippen molar-refractivity contribution in [3.8, 4) is 0 Å². The summed E-state index contributed by atoms with van der Waals surface area (Å²) < 4.78 is 25.4. The van der Waals surface area contributed by atoms with Crippen LogP contribution in [0, 0.1) is 5.82 Å². The molecule has 28 heavy (non-hydrogen) atoms. The Morgan fingerprint density at radius 2 is 2.14 bits per heavy atom. The van der Waals surface area contributed by atoms with Crippen molar-refractivity contribution in [3.63, 3.8) is 0 Å². The van der Waals surface area contributed by atoms with Crippen molar-refractivity contribution in [2.45, 2.75) is 25.1 Å². The molecule has 2 amide bonds. The van der Waals surface area contributed by atoms with Gasteiger partial charge in [0.2, 0.25) is 6.41 Å². The number of carbonyl (C=O) groups is 2. The number of rotatable bonds is 6. The normalized spacial score (nSPS) is 25.1. The number of ether oxygens (including phenoxy) is 2. The van der Waals surface area contributed by atoms with Gasteiger partial charge in [-0.2, -0.15) is 0 Å². The van der Waals surface area contributed by atoms with Gasteiger partial charge in [-0.1, -0.05) is 0 Å². The number of benzene rings is 1. The van der Waals surface area contributed by atoms with Gasteiger partial charge in [0.1, 0.15) is 11.9 Å². The van der Waals surface area contributed by atoms with Crippen LogP contribution in [0.25, 0.3) is 0 Å². The zero-order chi connectivity index (χ0) is 19.5. The SMILES string of the molecule is O=CN(CC1CN(c2ccc(N3CCOCC3)c(F)c2)C(=O)O1)[C@H]1CCCN1. The number of nitrogens with zero attached hydrogens (tertiary/aromatic N) is 3. The Labute approximate surface area is 163 Å². The highest BCUT2D eigenvalue weighted by Gasteiger charge is 2.35. The first-order chi connectivity index (χ1) is 13.7. The number of carbonyl (C=O) groups excluding carboxylic acids is 2. The molecule has 0 radical (unpaired) electrons. The van der Waals surface area contributed by atoms with E-state index in [0.29, 0.717) is 44.2 Å². The van der Waals surface area contributed by atoms with Crippen LogP contribution in [-0.2, 0) is 14.3 Å². The number of halogens is 1. The molecule has 3 aliphatic heterocycles. The number of amides is 2. The van der Waals surface area contributed by atoms with Gasteiger partial charge in [-0.15, -0.1) is 0 Å². The van der Waals surface area contributed by atoms with Crippen LogP contribution in [0.5, 0.6) is 0 Å². The lowest BCUT2D eigenvalue weighted by Gasteiger charge is -2.29. The number of cyclic esters (lactones) is 1. The van der Waals surface area contributed by atoms with E-state index in [1.54, 1.807) is 17.0 Å². The fourth-order valence-corrected chi connectivity index (χ4v) is 3.98. The summed E-state index contributed by atoms with van der Waals surface area (Å²) in [6.45, 7) is 3.90. The topological polar surface area (TPSA) is 74.4 Å². The van der Waals surface area contributed by atoms with Gasteiger partial charge in [-0.25, -0.2) is 9.18 Å². The fraction of sp³-hybridized carbons (Fsp3) is 0.579. The third kappa shape index (κ3) is 3.90. The lowest BCUT2D eigenvalue weighted by molar-refractivity contribution is -0.121. The second-order valence-corrected chi connectivity index (χ2v) is 7.27. The van der Waals surface area contributed by atoms with Gasteiger partial charge in [-0.05, 0) is 37.6 Å². The van der Waals surface area contributed by atoms with E-state index < -0.39 is 12.2 Å². The Morgan fingerprint density at radius 1 is 1.32 bits per heavy atom. The summed E-state index contributed by atoms with van der Waals surface area (Å²) in [6, 6.07) is 4.79. The van der Waals surface area contributed by atoms with E-state index in [9.17, 15) is 14.0 Å². The quantitative estimate of drug-likeness (QED) is 0.733. The molecule has 0 aromatic heterocycles. The van der Waals surface area contributed by atoms with Crippen LogP contribution in [0.15, 0.2) is 18.2 Å². The predicted molar refractivity (Wildman–Crippen MR) is 101 cm³/mol. The first kappa shape index (κ1) is 18.9. The van der Waals surface area contributed by atoms with Crippen LogP contribution in [0.4, 0.5) is 20.6 Å². The van der Waals surface area contributed by atoms with Crippen molar-refractivity contribution in [2.24, 2.45) is 0 Å². The van der Waals surface area contributed by atoms with E-state index in [0.717, 1.165) is 25.8 Å².